The van der Waals surface area contributed by atoms with Gasteiger partial charge < -0.3 is 5.32 Å². The number of nitrogens with zero attached hydrogens (tertiary/aromatic N) is 2. The number of piperidine rings is 2. The molecule has 1 amide bonds. The normalized spacial score (nSPS) is 20.5. The summed E-state index contributed by atoms with van der Waals surface area (Å²) in [4.78, 5) is 17.7. The zero-order chi connectivity index (χ0) is 21.5. The first kappa shape index (κ1) is 22.3. The first-order valence-corrected chi connectivity index (χ1v) is 12.1. The van der Waals surface area contributed by atoms with Crippen LogP contribution in [-0.2, 0) is 24.4 Å². The molecule has 166 valence electrons. The maximum atomic E-state index is 12.8. The number of benzene rings is 2. The van der Waals surface area contributed by atoms with Crippen molar-refractivity contribution in [3.63, 3.8) is 0 Å². The van der Waals surface area contributed by atoms with Crippen molar-refractivity contribution < 1.29 is 4.79 Å². The lowest BCUT2D eigenvalue weighted by Gasteiger charge is -2.32. The van der Waals surface area contributed by atoms with Gasteiger partial charge in [0.15, 0.2) is 0 Å². The van der Waals surface area contributed by atoms with Crippen LogP contribution in [-0.4, -0.2) is 41.9 Å². The van der Waals surface area contributed by atoms with E-state index in [0.29, 0.717) is 6.54 Å². The molecule has 2 aromatic rings. The third-order valence-corrected chi connectivity index (χ3v) is 6.94. The Bertz CT molecular complexity index is 848. The molecule has 0 unspecified atom stereocenters. The summed E-state index contributed by atoms with van der Waals surface area (Å²) in [5.74, 6) is 0.218. The Kier molecular flexibility index (Phi) is 8.01. The number of rotatable bonds is 7. The quantitative estimate of drug-likeness (QED) is 0.669. The lowest BCUT2D eigenvalue weighted by atomic mass is 9.96. The maximum Gasteiger partial charge on any atom is 0.224 e. The van der Waals surface area contributed by atoms with Gasteiger partial charge in [-0.2, -0.15) is 0 Å². The van der Waals surface area contributed by atoms with E-state index in [1.165, 1.54) is 43.5 Å². The van der Waals surface area contributed by atoms with Crippen LogP contribution in [0.2, 0.25) is 5.02 Å². The highest BCUT2D eigenvalue weighted by Crippen LogP contribution is 2.22. The molecule has 0 bridgehead atoms. The van der Waals surface area contributed by atoms with Gasteiger partial charge in [-0.3, -0.25) is 14.6 Å². The SMILES string of the molecule is O=C(NCc1ccc(CN2CCCCC2)cc1)[C@H]1CCCN(Cc2ccccc2Cl)C1. The van der Waals surface area contributed by atoms with Gasteiger partial charge in [0.25, 0.3) is 0 Å². The number of hydrogen-bond donors (Lipinski definition) is 1. The van der Waals surface area contributed by atoms with Gasteiger partial charge in [0.1, 0.15) is 0 Å². The molecule has 2 heterocycles. The summed E-state index contributed by atoms with van der Waals surface area (Å²) < 4.78 is 0. The van der Waals surface area contributed by atoms with Gasteiger partial charge in [0.2, 0.25) is 5.91 Å². The monoisotopic (exact) mass is 439 g/mol. The standard InChI is InChI=1S/C26H34ClN3O/c27-25-9-3-2-7-23(25)19-30-16-6-8-24(20-30)26(31)28-17-21-10-12-22(13-11-21)18-29-14-4-1-5-15-29/h2-3,7,9-13,24H,1,4-6,8,14-20H2,(H,28,31)/t24-/m0/s1. The van der Waals surface area contributed by atoms with E-state index in [0.717, 1.165) is 49.6 Å². The average molecular weight is 440 g/mol. The van der Waals surface area contributed by atoms with E-state index in [9.17, 15) is 4.79 Å². The Labute approximate surface area is 191 Å². The fourth-order valence-corrected chi connectivity index (χ4v) is 4.95. The van der Waals surface area contributed by atoms with Crippen molar-refractivity contribution in [2.75, 3.05) is 26.2 Å². The van der Waals surface area contributed by atoms with Crippen LogP contribution in [0.5, 0.6) is 0 Å². The number of carbonyl (C=O) groups is 1. The second kappa shape index (κ2) is 11.1. The van der Waals surface area contributed by atoms with Gasteiger partial charge in [-0.25, -0.2) is 0 Å². The summed E-state index contributed by atoms with van der Waals surface area (Å²) in [6.45, 7) is 6.69. The van der Waals surface area contributed by atoms with Crippen molar-refractivity contribution in [1.29, 1.82) is 0 Å². The Morgan fingerprint density at radius 3 is 2.35 bits per heavy atom. The van der Waals surface area contributed by atoms with Crippen molar-refractivity contribution in [2.45, 2.75) is 51.7 Å². The van der Waals surface area contributed by atoms with Crippen molar-refractivity contribution >= 4 is 17.5 Å². The molecule has 4 rings (SSSR count). The van der Waals surface area contributed by atoms with Gasteiger partial charge in [-0.15, -0.1) is 0 Å². The largest absolute Gasteiger partial charge is 0.352 e. The van der Waals surface area contributed by atoms with Gasteiger partial charge in [0, 0.05) is 31.2 Å². The van der Waals surface area contributed by atoms with Crippen LogP contribution >= 0.6 is 11.6 Å². The summed E-state index contributed by atoms with van der Waals surface area (Å²) in [6.07, 6.45) is 6.02. The molecule has 2 aliphatic rings. The minimum absolute atomic E-state index is 0.0506. The number of carbonyl (C=O) groups excluding carboxylic acids is 1. The highest BCUT2D eigenvalue weighted by atomic mass is 35.5. The van der Waals surface area contributed by atoms with Crippen LogP contribution < -0.4 is 5.32 Å². The summed E-state index contributed by atoms with van der Waals surface area (Å²) in [5.41, 5.74) is 3.66. The smallest absolute Gasteiger partial charge is 0.224 e. The van der Waals surface area contributed by atoms with E-state index in [4.69, 9.17) is 11.6 Å². The third kappa shape index (κ3) is 6.55. The summed E-state index contributed by atoms with van der Waals surface area (Å²) in [6, 6.07) is 16.7. The topological polar surface area (TPSA) is 35.6 Å². The lowest BCUT2D eigenvalue weighted by Crippen LogP contribution is -2.42. The molecule has 0 aromatic heterocycles. The van der Waals surface area contributed by atoms with E-state index in [-0.39, 0.29) is 11.8 Å². The minimum atomic E-state index is 0.0506. The van der Waals surface area contributed by atoms with E-state index in [1.54, 1.807) is 0 Å². The molecule has 0 aliphatic carbocycles. The maximum absolute atomic E-state index is 12.8. The molecule has 2 aliphatic heterocycles. The molecule has 5 heteroatoms. The number of nitrogens with one attached hydrogen (secondary N) is 1. The van der Waals surface area contributed by atoms with Crippen LogP contribution in [0.25, 0.3) is 0 Å². The van der Waals surface area contributed by atoms with Crippen LogP contribution in [0.4, 0.5) is 0 Å². The second-order valence-electron chi connectivity index (χ2n) is 9.04. The van der Waals surface area contributed by atoms with Crippen LogP contribution in [0.3, 0.4) is 0 Å². The summed E-state index contributed by atoms with van der Waals surface area (Å²) in [7, 11) is 0. The van der Waals surface area contributed by atoms with Crippen LogP contribution in [0.15, 0.2) is 48.5 Å². The van der Waals surface area contributed by atoms with Gasteiger partial charge in [-0.05, 0) is 68.1 Å². The number of amides is 1. The Morgan fingerprint density at radius 1 is 0.871 bits per heavy atom. The fraction of sp³-hybridized carbons (Fsp3) is 0.500. The van der Waals surface area contributed by atoms with Crippen LogP contribution in [0.1, 0.15) is 48.8 Å². The van der Waals surface area contributed by atoms with E-state index in [1.807, 2.05) is 18.2 Å². The highest BCUT2D eigenvalue weighted by molar-refractivity contribution is 6.31. The minimum Gasteiger partial charge on any atom is -0.352 e. The van der Waals surface area contributed by atoms with E-state index in [2.05, 4.69) is 45.4 Å². The number of likely N-dealkylation sites (tertiary alicyclic amines) is 2. The highest BCUT2D eigenvalue weighted by Gasteiger charge is 2.26. The van der Waals surface area contributed by atoms with Crippen molar-refractivity contribution in [3.8, 4) is 0 Å². The molecular weight excluding hydrogens is 406 g/mol. The van der Waals surface area contributed by atoms with Gasteiger partial charge in [-0.1, -0.05) is 60.5 Å². The van der Waals surface area contributed by atoms with Gasteiger partial charge in [0.05, 0.1) is 5.92 Å². The van der Waals surface area contributed by atoms with E-state index < -0.39 is 0 Å². The summed E-state index contributed by atoms with van der Waals surface area (Å²) >= 11 is 6.32. The molecule has 1 atom stereocenters. The number of hydrogen-bond acceptors (Lipinski definition) is 3. The van der Waals surface area contributed by atoms with Crippen LogP contribution in [0, 0.1) is 5.92 Å². The molecular formula is C26H34ClN3O. The van der Waals surface area contributed by atoms with Gasteiger partial charge >= 0.3 is 0 Å². The Morgan fingerprint density at radius 2 is 1.58 bits per heavy atom. The van der Waals surface area contributed by atoms with Crippen molar-refractivity contribution in [2.24, 2.45) is 5.92 Å². The van der Waals surface area contributed by atoms with Crippen molar-refractivity contribution in [1.82, 2.24) is 15.1 Å². The molecule has 2 fully saturated rings. The first-order chi connectivity index (χ1) is 15.2. The zero-order valence-corrected chi connectivity index (χ0v) is 19.1. The lowest BCUT2D eigenvalue weighted by molar-refractivity contribution is -0.126. The molecule has 4 nitrogen and oxygen atoms in total. The number of halogens is 1. The summed E-state index contributed by atoms with van der Waals surface area (Å²) in [5, 5.41) is 3.97. The fourth-order valence-electron chi connectivity index (χ4n) is 4.75. The molecule has 2 saturated heterocycles. The second-order valence-corrected chi connectivity index (χ2v) is 9.44. The first-order valence-electron chi connectivity index (χ1n) is 11.7. The molecule has 31 heavy (non-hydrogen) atoms. The Balaban J connectivity index is 1.24. The predicted molar refractivity (Wildman–Crippen MR) is 127 cm³/mol. The molecule has 0 radical (unpaired) electrons. The molecule has 0 spiro atoms. The molecule has 1 N–H and O–H groups in total. The van der Waals surface area contributed by atoms with Crippen molar-refractivity contribution in [3.05, 3.63) is 70.2 Å². The van der Waals surface area contributed by atoms with E-state index >= 15 is 0 Å². The zero-order valence-electron chi connectivity index (χ0n) is 18.4. The Hall–Kier alpha value is -1.88. The third-order valence-electron chi connectivity index (χ3n) is 6.57. The molecule has 0 saturated carbocycles. The molecule has 2 aromatic carbocycles. The average Bonchev–Trinajstić information content (AvgIpc) is 2.81. The predicted octanol–water partition coefficient (Wildman–Crippen LogP) is 4.85.